The summed E-state index contributed by atoms with van der Waals surface area (Å²) in [6, 6.07) is 12.1. The lowest BCUT2D eigenvalue weighted by molar-refractivity contribution is 0.603. The molecule has 0 unspecified atom stereocenters. The van der Waals surface area contributed by atoms with Crippen molar-refractivity contribution in [2.75, 3.05) is 0 Å². The molecule has 6 nitrogen and oxygen atoms in total. The minimum Gasteiger partial charge on any atom is -0.317 e. The van der Waals surface area contributed by atoms with E-state index in [2.05, 4.69) is 27.5 Å². The van der Waals surface area contributed by atoms with Crippen molar-refractivity contribution in [2.24, 2.45) is 0 Å². The van der Waals surface area contributed by atoms with Crippen molar-refractivity contribution in [3.8, 4) is 5.69 Å². The smallest absolute Gasteiger partial charge is 0.146 e. The van der Waals surface area contributed by atoms with Crippen LogP contribution in [-0.4, -0.2) is 24.5 Å². The van der Waals surface area contributed by atoms with Crippen LogP contribution in [0.2, 0.25) is 0 Å². The molecule has 0 saturated carbocycles. The third-order valence-corrected chi connectivity index (χ3v) is 3.29. The van der Waals surface area contributed by atoms with Crippen LogP contribution in [0.1, 0.15) is 18.4 Å². The second kappa shape index (κ2) is 6.32. The predicted octanol–water partition coefficient (Wildman–Crippen LogP) is 1.77. The highest BCUT2D eigenvalue weighted by Crippen LogP contribution is 2.06. The summed E-state index contributed by atoms with van der Waals surface area (Å²) in [6.45, 7) is 4.35. The second-order valence-corrected chi connectivity index (χ2v) is 4.72. The first-order chi connectivity index (χ1) is 10.4. The van der Waals surface area contributed by atoms with E-state index in [1.165, 1.54) is 0 Å². The first kappa shape index (κ1) is 13.5. The molecule has 21 heavy (non-hydrogen) atoms. The highest BCUT2D eigenvalue weighted by Gasteiger charge is 2.04. The molecule has 108 valence electrons. The van der Waals surface area contributed by atoms with Crippen LogP contribution in [0.25, 0.3) is 5.69 Å². The van der Waals surface area contributed by atoms with E-state index in [1.807, 2.05) is 51.8 Å². The zero-order chi connectivity index (χ0) is 14.5. The van der Waals surface area contributed by atoms with Gasteiger partial charge in [0.1, 0.15) is 12.2 Å². The van der Waals surface area contributed by atoms with Gasteiger partial charge in [0.25, 0.3) is 0 Å². The largest absolute Gasteiger partial charge is 0.317 e. The minimum absolute atomic E-state index is 0.687. The molecule has 0 aliphatic carbocycles. The molecule has 0 bridgehead atoms. The van der Waals surface area contributed by atoms with Crippen LogP contribution in [-0.2, 0) is 19.6 Å². The summed E-state index contributed by atoms with van der Waals surface area (Å²) in [5.74, 6) is 0.944. The summed E-state index contributed by atoms with van der Waals surface area (Å²) < 4.78 is 3.90. The maximum Gasteiger partial charge on any atom is 0.146 e. The molecule has 0 aliphatic heterocycles. The summed E-state index contributed by atoms with van der Waals surface area (Å²) in [5, 5.41) is 15.9. The first-order valence-electron chi connectivity index (χ1n) is 7.04. The van der Waals surface area contributed by atoms with E-state index in [9.17, 15) is 0 Å². The molecule has 3 aromatic rings. The van der Waals surface area contributed by atoms with Gasteiger partial charge in [-0.25, -0.2) is 4.68 Å². The Kier molecular flexibility index (Phi) is 4.07. The van der Waals surface area contributed by atoms with E-state index in [4.69, 9.17) is 0 Å². The Balaban J connectivity index is 1.58. The molecule has 0 radical (unpaired) electrons. The van der Waals surface area contributed by atoms with E-state index in [1.54, 1.807) is 6.33 Å². The fourth-order valence-corrected chi connectivity index (χ4v) is 2.16. The molecule has 6 heteroatoms. The van der Waals surface area contributed by atoms with Crippen LogP contribution in [0, 0.1) is 0 Å². The maximum absolute atomic E-state index is 4.55. The molecule has 0 saturated heterocycles. The molecule has 0 atom stereocenters. The third kappa shape index (κ3) is 3.17. The zero-order valence-corrected chi connectivity index (χ0v) is 12.0. The Hall–Kier alpha value is -2.47. The number of nitrogens with zero attached hydrogens (tertiary/aromatic N) is 5. The predicted molar refractivity (Wildman–Crippen MR) is 79.8 cm³/mol. The summed E-state index contributed by atoms with van der Waals surface area (Å²) in [5.41, 5.74) is 2.07. The Morgan fingerprint density at radius 1 is 1.10 bits per heavy atom. The molecule has 1 N–H and O–H groups in total. The number of hydrogen-bond donors (Lipinski definition) is 1. The van der Waals surface area contributed by atoms with Crippen LogP contribution in [0.4, 0.5) is 0 Å². The van der Waals surface area contributed by atoms with Crippen molar-refractivity contribution < 1.29 is 0 Å². The van der Waals surface area contributed by atoms with Crippen molar-refractivity contribution >= 4 is 0 Å². The number of benzene rings is 1. The Labute approximate surface area is 123 Å². The third-order valence-electron chi connectivity index (χ3n) is 3.29. The minimum atomic E-state index is 0.687. The average molecular weight is 282 g/mol. The number of nitrogens with one attached hydrogen (secondary N) is 1. The summed E-state index contributed by atoms with van der Waals surface area (Å²) in [4.78, 5) is 0. The monoisotopic (exact) mass is 282 g/mol. The molecule has 2 heterocycles. The van der Waals surface area contributed by atoms with Gasteiger partial charge in [-0.15, -0.1) is 10.2 Å². The lowest BCUT2D eigenvalue weighted by atomic mass is 10.3. The van der Waals surface area contributed by atoms with E-state index in [0.717, 1.165) is 23.8 Å². The number of para-hydroxylation sites is 1. The maximum atomic E-state index is 4.55. The first-order valence-corrected chi connectivity index (χ1v) is 7.04. The topological polar surface area (TPSA) is 60.6 Å². The van der Waals surface area contributed by atoms with Crippen LogP contribution in [0.15, 0.2) is 48.9 Å². The fourth-order valence-electron chi connectivity index (χ4n) is 2.16. The quantitative estimate of drug-likeness (QED) is 0.748. The number of aromatic nitrogens is 5. The number of hydrogen-bond acceptors (Lipinski definition) is 4. The standard InChI is InChI=1S/C15H18N6/c1-2-20-12-17-18-15(20)11-16-10-13-8-9-21(19-13)14-6-4-3-5-7-14/h3-9,12,16H,2,10-11H2,1H3. The fraction of sp³-hybridized carbons (Fsp3) is 0.267. The Bertz CT molecular complexity index is 685. The van der Waals surface area contributed by atoms with E-state index < -0.39 is 0 Å². The van der Waals surface area contributed by atoms with E-state index >= 15 is 0 Å². The molecule has 0 spiro atoms. The van der Waals surface area contributed by atoms with Crippen LogP contribution in [0.5, 0.6) is 0 Å². The molecule has 3 rings (SSSR count). The van der Waals surface area contributed by atoms with Gasteiger partial charge in [-0.3, -0.25) is 0 Å². The molecule has 0 aliphatic rings. The van der Waals surface area contributed by atoms with Gasteiger partial charge in [0.2, 0.25) is 0 Å². The van der Waals surface area contributed by atoms with Gasteiger partial charge in [-0.2, -0.15) is 5.10 Å². The summed E-state index contributed by atoms with van der Waals surface area (Å²) in [7, 11) is 0. The highest BCUT2D eigenvalue weighted by molar-refractivity contribution is 5.30. The molecular weight excluding hydrogens is 264 g/mol. The van der Waals surface area contributed by atoms with Crippen molar-refractivity contribution in [1.29, 1.82) is 0 Å². The van der Waals surface area contributed by atoms with Crippen LogP contribution in [0.3, 0.4) is 0 Å². The van der Waals surface area contributed by atoms with Gasteiger partial charge in [-0.1, -0.05) is 18.2 Å². The van der Waals surface area contributed by atoms with Gasteiger partial charge in [-0.05, 0) is 25.1 Å². The molecule has 0 fully saturated rings. The molecule has 2 aromatic heterocycles. The zero-order valence-electron chi connectivity index (χ0n) is 12.0. The number of aryl methyl sites for hydroxylation is 1. The van der Waals surface area contributed by atoms with Gasteiger partial charge in [0.05, 0.1) is 17.9 Å². The summed E-state index contributed by atoms with van der Waals surface area (Å²) in [6.07, 6.45) is 3.72. The Morgan fingerprint density at radius 2 is 1.95 bits per heavy atom. The van der Waals surface area contributed by atoms with E-state index in [-0.39, 0.29) is 0 Å². The second-order valence-electron chi connectivity index (χ2n) is 4.72. The molecule has 1 aromatic carbocycles. The van der Waals surface area contributed by atoms with Crippen molar-refractivity contribution in [3.05, 3.63) is 60.4 Å². The van der Waals surface area contributed by atoms with Crippen LogP contribution < -0.4 is 5.32 Å². The van der Waals surface area contributed by atoms with E-state index in [0.29, 0.717) is 13.1 Å². The lowest BCUT2D eigenvalue weighted by Gasteiger charge is -2.04. The van der Waals surface area contributed by atoms with Crippen molar-refractivity contribution in [1.82, 2.24) is 29.9 Å². The van der Waals surface area contributed by atoms with Gasteiger partial charge >= 0.3 is 0 Å². The normalized spacial score (nSPS) is 10.9. The van der Waals surface area contributed by atoms with Crippen molar-refractivity contribution in [2.45, 2.75) is 26.6 Å². The molecule has 0 amide bonds. The van der Waals surface area contributed by atoms with Gasteiger partial charge < -0.3 is 9.88 Å². The molecular formula is C15H18N6. The highest BCUT2D eigenvalue weighted by atomic mass is 15.3. The lowest BCUT2D eigenvalue weighted by Crippen LogP contribution is -2.16. The Morgan fingerprint density at radius 3 is 2.76 bits per heavy atom. The van der Waals surface area contributed by atoms with Gasteiger partial charge in [0.15, 0.2) is 0 Å². The van der Waals surface area contributed by atoms with Crippen LogP contribution >= 0.6 is 0 Å². The number of rotatable bonds is 6. The summed E-state index contributed by atoms with van der Waals surface area (Å²) >= 11 is 0. The average Bonchev–Trinajstić information content (AvgIpc) is 3.17. The van der Waals surface area contributed by atoms with Crippen molar-refractivity contribution in [3.63, 3.8) is 0 Å². The van der Waals surface area contributed by atoms with Gasteiger partial charge in [0, 0.05) is 19.3 Å². The SMILES string of the molecule is CCn1cnnc1CNCc1ccn(-c2ccccc2)n1.